The van der Waals surface area contributed by atoms with Crippen LogP contribution < -0.4 is 0 Å². The maximum absolute atomic E-state index is 10.0. The van der Waals surface area contributed by atoms with Gasteiger partial charge in [-0.25, -0.2) is 0 Å². The zero-order chi connectivity index (χ0) is 19.5. The van der Waals surface area contributed by atoms with Gasteiger partial charge < -0.3 is 9.47 Å². The van der Waals surface area contributed by atoms with E-state index in [0.717, 1.165) is 52.4 Å². The molecule has 1 aromatic heterocycles. The van der Waals surface area contributed by atoms with Crippen molar-refractivity contribution >= 4 is 55.9 Å². The number of nitrogens with zero attached hydrogens (tertiary/aromatic N) is 5. The first-order chi connectivity index (χ1) is 13.7. The van der Waals surface area contributed by atoms with Crippen LogP contribution >= 0.6 is 44.7 Å². The summed E-state index contributed by atoms with van der Waals surface area (Å²) in [6.45, 7) is 5.40. The maximum Gasteiger partial charge on any atom is 0.177 e. The van der Waals surface area contributed by atoms with E-state index < -0.39 is 0 Å². The Morgan fingerprint density at radius 1 is 1.24 bits per heavy atom. The summed E-state index contributed by atoms with van der Waals surface area (Å²) in [6, 6.07) is 10.6. The minimum absolute atomic E-state index is 0. The molecule has 2 aliphatic heterocycles. The van der Waals surface area contributed by atoms with E-state index in [1.807, 2.05) is 18.2 Å². The van der Waals surface area contributed by atoms with Crippen LogP contribution in [0.5, 0.6) is 0 Å². The number of rotatable bonds is 4. The van der Waals surface area contributed by atoms with Gasteiger partial charge in [-0.05, 0) is 30.5 Å². The van der Waals surface area contributed by atoms with E-state index in [1.165, 1.54) is 6.42 Å². The van der Waals surface area contributed by atoms with Crippen LogP contribution in [0.1, 0.15) is 36.5 Å². The van der Waals surface area contributed by atoms with E-state index in [-0.39, 0.29) is 17.0 Å². The SMILES string of the molecule is Br.C=CCN1C(c2ccc(Br)cc2)=CS/C1=C(/C#N)c1nnc2n1CCCCC2. The van der Waals surface area contributed by atoms with Gasteiger partial charge in [0.25, 0.3) is 0 Å². The van der Waals surface area contributed by atoms with Gasteiger partial charge in [-0.3, -0.25) is 0 Å². The summed E-state index contributed by atoms with van der Waals surface area (Å²) in [5.41, 5.74) is 2.75. The highest BCUT2D eigenvalue weighted by molar-refractivity contribution is 9.10. The molecule has 29 heavy (non-hydrogen) atoms. The Bertz CT molecular complexity index is 1000. The third kappa shape index (κ3) is 4.37. The average molecular weight is 535 g/mol. The van der Waals surface area contributed by atoms with Crippen molar-refractivity contribution in [1.29, 1.82) is 5.26 Å². The Hall–Kier alpha value is -1.82. The highest BCUT2D eigenvalue weighted by atomic mass is 79.9. The normalized spacial score (nSPS) is 17.5. The Balaban J connectivity index is 0.00000240. The smallest absolute Gasteiger partial charge is 0.177 e. The fourth-order valence-corrected chi connectivity index (χ4v) is 4.87. The fraction of sp³-hybridized carbons (Fsp3) is 0.286. The fourth-order valence-electron chi connectivity index (χ4n) is 3.56. The number of thioether (sulfide) groups is 1. The van der Waals surface area contributed by atoms with E-state index in [0.29, 0.717) is 17.9 Å². The molecule has 0 saturated carbocycles. The lowest BCUT2D eigenvalue weighted by Crippen LogP contribution is -2.18. The summed E-state index contributed by atoms with van der Waals surface area (Å²) in [5.74, 6) is 1.67. The Morgan fingerprint density at radius 3 is 2.76 bits per heavy atom. The minimum atomic E-state index is 0. The summed E-state index contributed by atoms with van der Waals surface area (Å²) >= 11 is 5.05. The number of benzene rings is 1. The van der Waals surface area contributed by atoms with E-state index in [4.69, 9.17) is 0 Å². The molecule has 0 spiro atoms. The number of hydrogen-bond donors (Lipinski definition) is 0. The van der Waals surface area contributed by atoms with E-state index in [2.05, 4.69) is 65.8 Å². The lowest BCUT2D eigenvalue weighted by atomic mass is 10.1. The molecule has 4 rings (SSSR count). The lowest BCUT2D eigenvalue weighted by Gasteiger charge is -2.23. The predicted molar refractivity (Wildman–Crippen MR) is 127 cm³/mol. The average Bonchev–Trinajstić information content (AvgIpc) is 3.21. The van der Waals surface area contributed by atoms with Gasteiger partial charge in [-0.1, -0.05) is 52.3 Å². The molecule has 0 saturated heterocycles. The third-order valence-corrected chi connectivity index (χ3v) is 6.45. The monoisotopic (exact) mass is 533 g/mol. The quantitative estimate of drug-likeness (QED) is 0.368. The zero-order valence-corrected chi connectivity index (χ0v) is 20.0. The first-order valence-electron chi connectivity index (χ1n) is 9.31. The highest BCUT2D eigenvalue weighted by Gasteiger charge is 2.28. The zero-order valence-electron chi connectivity index (χ0n) is 15.8. The van der Waals surface area contributed by atoms with Gasteiger partial charge in [0.15, 0.2) is 5.82 Å². The standard InChI is InChI=1S/C21H20BrN5S.BrH/c1-2-11-26-18(15-7-9-16(22)10-8-15)14-28-21(26)17(13-23)20-25-24-19-6-4-3-5-12-27(19)20;/h2,7-10,14H,1,3-6,11-12H2;1H/b21-17-;. The molecule has 0 fully saturated rings. The van der Waals surface area contributed by atoms with Crippen LogP contribution in [0.15, 0.2) is 51.8 Å². The molecule has 0 radical (unpaired) electrons. The van der Waals surface area contributed by atoms with Crippen molar-refractivity contribution < 1.29 is 0 Å². The molecule has 0 N–H and O–H groups in total. The maximum atomic E-state index is 10.0. The first kappa shape index (κ1) is 21.9. The number of hydrogen-bond acceptors (Lipinski definition) is 5. The van der Waals surface area contributed by atoms with Crippen molar-refractivity contribution in [3.05, 3.63) is 69.0 Å². The van der Waals surface area contributed by atoms with E-state index >= 15 is 0 Å². The number of aromatic nitrogens is 3. The van der Waals surface area contributed by atoms with Crippen LogP contribution in [0.2, 0.25) is 0 Å². The van der Waals surface area contributed by atoms with Crippen LogP contribution in [-0.4, -0.2) is 26.2 Å². The van der Waals surface area contributed by atoms with Gasteiger partial charge in [0.2, 0.25) is 0 Å². The largest absolute Gasteiger partial charge is 0.330 e. The minimum Gasteiger partial charge on any atom is -0.330 e. The predicted octanol–water partition coefficient (Wildman–Crippen LogP) is 5.77. The Labute approximate surface area is 194 Å². The summed E-state index contributed by atoms with van der Waals surface area (Å²) in [5, 5.41) is 21.8. The first-order valence-corrected chi connectivity index (χ1v) is 11.0. The molecular formula is C21H21Br2N5S. The van der Waals surface area contributed by atoms with Crippen molar-refractivity contribution in [2.75, 3.05) is 6.54 Å². The third-order valence-electron chi connectivity index (χ3n) is 4.93. The molecule has 0 aliphatic carbocycles. The van der Waals surface area contributed by atoms with Gasteiger partial charge in [0, 0.05) is 29.4 Å². The topological polar surface area (TPSA) is 57.7 Å². The molecule has 2 aliphatic rings. The molecule has 3 heterocycles. The van der Waals surface area contributed by atoms with Crippen LogP contribution in [0.4, 0.5) is 0 Å². The molecule has 1 aromatic carbocycles. The van der Waals surface area contributed by atoms with Crippen molar-refractivity contribution in [3.63, 3.8) is 0 Å². The van der Waals surface area contributed by atoms with Crippen molar-refractivity contribution in [1.82, 2.24) is 19.7 Å². The summed E-state index contributed by atoms with van der Waals surface area (Å²) in [4.78, 5) is 2.14. The molecule has 0 unspecified atom stereocenters. The summed E-state index contributed by atoms with van der Waals surface area (Å²) < 4.78 is 3.17. The van der Waals surface area contributed by atoms with Crippen molar-refractivity contribution in [3.8, 4) is 6.07 Å². The molecule has 0 atom stereocenters. The van der Waals surface area contributed by atoms with Crippen molar-refractivity contribution in [2.45, 2.75) is 32.2 Å². The van der Waals surface area contributed by atoms with Gasteiger partial charge >= 0.3 is 0 Å². The summed E-state index contributed by atoms with van der Waals surface area (Å²) in [7, 11) is 0. The van der Waals surface area contributed by atoms with Crippen molar-refractivity contribution in [2.24, 2.45) is 0 Å². The molecule has 2 aromatic rings. The van der Waals surface area contributed by atoms with Crippen LogP contribution in [-0.2, 0) is 13.0 Å². The Kier molecular flexibility index (Phi) is 7.38. The molecular weight excluding hydrogens is 514 g/mol. The Morgan fingerprint density at radius 2 is 2.03 bits per heavy atom. The van der Waals surface area contributed by atoms with Crippen LogP contribution in [0, 0.1) is 11.3 Å². The summed E-state index contributed by atoms with van der Waals surface area (Å²) in [6.07, 6.45) is 6.19. The molecule has 5 nitrogen and oxygen atoms in total. The molecule has 8 heteroatoms. The second-order valence-electron chi connectivity index (χ2n) is 6.72. The number of allylic oxidation sites excluding steroid dienone is 1. The van der Waals surface area contributed by atoms with Gasteiger partial charge in [0.05, 0.1) is 5.70 Å². The molecule has 0 amide bonds. The number of fused-ring (bicyclic) bond motifs is 1. The molecule has 0 bridgehead atoms. The lowest BCUT2D eigenvalue weighted by molar-refractivity contribution is 0.586. The highest BCUT2D eigenvalue weighted by Crippen LogP contribution is 2.43. The number of halogens is 2. The number of nitriles is 1. The van der Waals surface area contributed by atoms with E-state index in [1.54, 1.807) is 11.8 Å². The molecule has 150 valence electrons. The van der Waals surface area contributed by atoms with Gasteiger partial charge in [0.1, 0.15) is 22.5 Å². The van der Waals surface area contributed by atoms with Crippen LogP contribution in [0.25, 0.3) is 11.3 Å². The van der Waals surface area contributed by atoms with Gasteiger partial charge in [-0.15, -0.1) is 33.8 Å². The van der Waals surface area contributed by atoms with E-state index in [9.17, 15) is 5.26 Å². The second kappa shape index (κ2) is 9.79. The number of aryl methyl sites for hydroxylation is 1. The van der Waals surface area contributed by atoms with Gasteiger partial charge in [-0.2, -0.15) is 5.26 Å². The van der Waals surface area contributed by atoms with Crippen LogP contribution in [0.3, 0.4) is 0 Å². The second-order valence-corrected chi connectivity index (χ2v) is 8.49.